The number of thiazole rings is 1. The molecule has 18 heavy (non-hydrogen) atoms. The molecule has 0 aliphatic rings. The number of rotatable bonds is 4. The number of aromatic nitrogens is 1. The van der Waals surface area contributed by atoms with Crippen LogP contribution in [0.15, 0.2) is 40.8 Å². The fraction of sp³-hybridized carbons (Fsp3) is 0.0833. The first-order valence-corrected chi connectivity index (χ1v) is 6.09. The van der Waals surface area contributed by atoms with Crippen LogP contribution in [0.3, 0.4) is 0 Å². The lowest BCUT2D eigenvalue weighted by Crippen LogP contribution is -2.16. The molecule has 0 radical (unpaired) electrons. The highest BCUT2D eigenvalue weighted by atomic mass is 32.1. The number of carbonyl (C=O) groups is 1. The molecule has 0 aliphatic heterocycles. The summed E-state index contributed by atoms with van der Waals surface area (Å²) in [7, 11) is 0. The number of aryl methyl sites for hydroxylation is 1. The van der Waals surface area contributed by atoms with Crippen molar-refractivity contribution in [2.45, 2.75) is 6.92 Å². The van der Waals surface area contributed by atoms with Crippen molar-refractivity contribution in [3.05, 3.63) is 47.0 Å². The highest BCUT2D eigenvalue weighted by molar-refractivity contribution is 7.13. The molecule has 0 bridgehead atoms. The number of anilines is 1. The summed E-state index contributed by atoms with van der Waals surface area (Å²) in [5, 5.41) is 15.4. The highest BCUT2D eigenvalue weighted by Crippen LogP contribution is 2.14. The van der Waals surface area contributed by atoms with Gasteiger partial charge in [0.1, 0.15) is 0 Å². The summed E-state index contributed by atoms with van der Waals surface area (Å²) in [6.07, 6.45) is 0. The Kier molecular flexibility index (Phi) is 3.69. The zero-order valence-corrected chi connectivity index (χ0v) is 10.4. The molecule has 0 unspecified atom stereocenters. The van der Waals surface area contributed by atoms with E-state index in [1.807, 2.05) is 18.4 Å². The maximum atomic E-state index is 11.1. The van der Waals surface area contributed by atoms with Gasteiger partial charge in [-0.25, -0.2) is 9.78 Å². The van der Waals surface area contributed by atoms with Crippen LogP contribution in [0.2, 0.25) is 0 Å². The van der Waals surface area contributed by atoms with E-state index in [9.17, 15) is 4.79 Å². The Morgan fingerprint density at radius 3 is 2.67 bits per heavy atom. The van der Waals surface area contributed by atoms with Crippen LogP contribution >= 0.6 is 11.3 Å². The summed E-state index contributed by atoms with van der Waals surface area (Å²) in [5.41, 5.74) is 4.04. The van der Waals surface area contributed by atoms with Crippen LogP contribution in [-0.2, 0) is 4.79 Å². The maximum Gasteiger partial charge on any atom is 0.356 e. The molecule has 0 saturated heterocycles. The fourth-order valence-electron chi connectivity index (χ4n) is 1.34. The third-order valence-electron chi connectivity index (χ3n) is 2.13. The van der Waals surface area contributed by atoms with Gasteiger partial charge in [0, 0.05) is 10.9 Å². The van der Waals surface area contributed by atoms with Gasteiger partial charge in [-0.05, 0) is 6.92 Å². The number of nitrogens with one attached hydrogen (secondary N) is 1. The molecule has 0 fully saturated rings. The van der Waals surface area contributed by atoms with Crippen LogP contribution in [0.1, 0.15) is 11.3 Å². The monoisotopic (exact) mass is 261 g/mol. The van der Waals surface area contributed by atoms with Gasteiger partial charge in [0.2, 0.25) is 5.13 Å². The number of hydrogen-bond acceptors (Lipinski definition) is 5. The Morgan fingerprint density at radius 1 is 1.39 bits per heavy atom. The molecule has 2 aromatic rings. The number of carboxylic acids is 1. The minimum atomic E-state index is -1.08. The van der Waals surface area contributed by atoms with E-state index in [1.54, 1.807) is 24.3 Å². The quantitative estimate of drug-likeness (QED) is 0.654. The van der Waals surface area contributed by atoms with Crippen LogP contribution in [0.5, 0.6) is 0 Å². The molecule has 0 atom stereocenters. The van der Waals surface area contributed by atoms with E-state index in [1.165, 1.54) is 11.3 Å². The largest absolute Gasteiger partial charge is 0.476 e. The summed E-state index contributed by atoms with van der Waals surface area (Å²) in [6, 6.07) is 8.74. The predicted molar refractivity (Wildman–Crippen MR) is 71.1 cm³/mol. The van der Waals surface area contributed by atoms with Crippen LogP contribution in [0.4, 0.5) is 5.13 Å². The van der Waals surface area contributed by atoms with E-state index in [0.29, 0.717) is 10.7 Å². The summed E-state index contributed by atoms with van der Waals surface area (Å²) in [4.78, 5) is 15.3. The molecule has 0 spiro atoms. The van der Waals surface area contributed by atoms with Gasteiger partial charge in [-0.1, -0.05) is 30.3 Å². The van der Waals surface area contributed by atoms with Gasteiger partial charge in [-0.3, -0.25) is 5.43 Å². The Morgan fingerprint density at radius 2 is 2.11 bits per heavy atom. The van der Waals surface area contributed by atoms with Gasteiger partial charge < -0.3 is 5.11 Å². The number of hydrazone groups is 1. The van der Waals surface area contributed by atoms with E-state index in [-0.39, 0.29) is 5.71 Å². The highest BCUT2D eigenvalue weighted by Gasteiger charge is 2.12. The molecule has 2 N–H and O–H groups in total. The summed E-state index contributed by atoms with van der Waals surface area (Å²) in [5.74, 6) is -1.08. The van der Waals surface area contributed by atoms with Crippen molar-refractivity contribution < 1.29 is 9.90 Å². The molecule has 1 aromatic carbocycles. The van der Waals surface area contributed by atoms with E-state index in [2.05, 4.69) is 15.5 Å². The van der Waals surface area contributed by atoms with Crippen LogP contribution in [0.25, 0.3) is 0 Å². The van der Waals surface area contributed by atoms with Crippen molar-refractivity contribution in [2.75, 3.05) is 5.43 Å². The Balaban J connectivity index is 2.23. The first-order chi connectivity index (χ1) is 8.66. The Labute approximate surface area is 108 Å². The van der Waals surface area contributed by atoms with E-state index in [0.717, 1.165) is 5.69 Å². The second-order valence-electron chi connectivity index (χ2n) is 3.54. The van der Waals surface area contributed by atoms with E-state index < -0.39 is 5.97 Å². The van der Waals surface area contributed by atoms with Gasteiger partial charge in [-0.2, -0.15) is 5.10 Å². The van der Waals surface area contributed by atoms with Crippen molar-refractivity contribution in [1.82, 2.24) is 4.98 Å². The predicted octanol–water partition coefficient (Wildman–Crippen LogP) is 2.35. The molecule has 1 aromatic heterocycles. The van der Waals surface area contributed by atoms with E-state index >= 15 is 0 Å². The maximum absolute atomic E-state index is 11.1. The molecule has 92 valence electrons. The molecule has 5 nitrogen and oxygen atoms in total. The topological polar surface area (TPSA) is 74.6 Å². The van der Waals surface area contributed by atoms with Crippen molar-refractivity contribution in [2.24, 2.45) is 5.10 Å². The molecular formula is C12H11N3O2S. The van der Waals surface area contributed by atoms with E-state index in [4.69, 9.17) is 5.11 Å². The molecule has 0 saturated carbocycles. The van der Waals surface area contributed by atoms with Crippen LogP contribution in [-0.4, -0.2) is 21.8 Å². The average molecular weight is 261 g/mol. The van der Waals surface area contributed by atoms with Crippen LogP contribution < -0.4 is 5.43 Å². The number of aliphatic carboxylic acids is 1. The molecule has 2 rings (SSSR count). The Hall–Kier alpha value is -2.21. The summed E-state index contributed by atoms with van der Waals surface area (Å²) >= 11 is 1.38. The van der Waals surface area contributed by atoms with Crippen molar-refractivity contribution in [3.63, 3.8) is 0 Å². The second-order valence-corrected chi connectivity index (χ2v) is 4.40. The summed E-state index contributed by atoms with van der Waals surface area (Å²) < 4.78 is 0. The zero-order chi connectivity index (χ0) is 13.0. The lowest BCUT2D eigenvalue weighted by Gasteiger charge is -2.01. The molecule has 6 heteroatoms. The first-order valence-electron chi connectivity index (χ1n) is 5.21. The number of nitrogens with zero attached hydrogens (tertiary/aromatic N) is 2. The van der Waals surface area contributed by atoms with Gasteiger partial charge in [0.05, 0.1) is 5.69 Å². The lowest BCUT2D eigenvalue weighted by molar-refractivity contribution is -0.129. The van der Waals surface area contributed by atoms with Crippen molar-refractivity contribution >= 4 is 28.1 Å². The van der Waals surface area contributed by atoms with Crippen LogP contribution in [0, 0.1) is 6.92 Å². The molecule has 0 amide bonds. The second kappa shape index (κ2) is 5.42. The normalized spacial score (nSPS) is 11.3. The van der Waals surface area contributed by atoms with Gasteiger partial charge in [0.15, 0.2) is 5.71 Å². The first kappa shape index (κ1) is 12.3. The standard InChI is InChI=1S/C12H11N3O2S/c1-8-7-18-12(13-8)15-14-10(11(16)17)9-5-3-2-4-6-9/h2-7H,1H3,(H,13,15)(H,16,17)/b14-10-. The Bertz CT molecular complexity index is 578. The SMILES string of the molecule is Cc1csc(N/N=C(\C(=O)O)c2ccccc2)n1. The van der Waals surface area contributed by atoms with Gasteiger partial charge >= 0.3 is 5.97 Å². The van der Waals surface area contributed by atoms with Crippen molar-refractivity contribution in [3.8, 4) is 0 Å². The minimum absolute atomic E-state index is 0.0385. The average Bonchev–Trinajstić information content (AvgIpc) is 2.76. The van der Waals surface area contributed by atoms with Gasteiger partial charge in [-0.15, -0.1) is 11.3 Å². The summed E-state index contributed by atoms with van der Waals surface area (Å²) in [6.45, 7) is 1.86. The third kappa shape index (κ3) is 2.92. The fourth-order valence-corrected chi connectivity index (χ4v) is 1.97. The van der Waals surface area contributed by atoms with Crippen molar-refractivity contribution in [1.29, 1.82) is 0 Å². The lowest BCUT2D eigenvalue weighted by atomic mass is 10.1. The minimum Gasteiger partial charge on any atom is -0.476 e. The number of carboxylic acid groups (broad SMARTS) is 1. The molecular weight excluding hydrogens is 250 g/mol. The smallest absolute Gasteiger partial charge is 0.356 e. The molecule has 1 heterocycles. The zero-order valence-electron chi connectivity index (χ0n) is 9.62. The molecule has 0 aliphatic carbocycles. The number of benzene rings is 1. The third-order valence-corrected chi connectivity index (χ3v) is 3.00. The number of hydrogen-bond donors (Lipinski definition) is 2. The van der Waals surface area contributed by atoms with Gasteiger partial charge in [0.25, 0.3) is 0 Å².